The highest BCUT2D eigenvalue weighted by molar-refractivity contribution is 7.09. The number of hydrogen-bond acceptors (Lipinski definition) is 5. The van der Waals surface area contributed by atoms with E-state index in [-0.39, 0.29) is 12.1 Å². The Labute approximate surface area is 118 Å². The predicted octanol–water partition coefficient (Wildman–Crippen LogP) is 2.87. The van der Waals surface area contributed by atoms with E-state index in [1.807, 2.05) is 38.4 Å². The number of nitrogens with two attached hydrogens (primary N) is 1. The zero-order valence-electron chi connectivity index (χ0n) is 11.9. The smallest absolute Gasteiger partial charge is 0.122 e. The van der Waals surface area contributed by atoms with E-state index < -0.39 is 0 Å². The maximum atomic E-state index is 6.13. The van der Waals surface area contributed by atoms with Crippen LogP contribution in [0.15, 0.2) is 22.1 Å². The number of aromatic nitrogens is 1. The highest BCUT2D eigenvalue weighted by Gasteiger charge is 2.25. The van der Waals surface area contributed by atoms with Crippen LogP contribution < -0.4 is 5.73 Å². The van der Waals surface area contributed by atoms with E-state index in [0.717, 1.165) is 23.8 Å². The van der Waals surface area contributed by atoms with Crippen molar-refractivity contribution in [2.45, 2.75) is 39.4 Å². The van der Waals surface area contributed by atoms with Gasteiger partial charge in [0.15, 0.2) is 0 Å². The molecule has 4 nitrogen and oxygen atoms in total. The maximum absolute atomic E-state index is 6.13. The summed E-state index contributed by atoms with van der Waals surface area (Å²) in [4.78, 5) is 7.79. The van der Waals surface area contributed by atoms with Crippen molar-refractivity contribution in [2.24, 2.45) is 5.73 Å². The fraction of sp³-hybridized carbons (Fsp3) is 0.500. The Kier molecular flexibility index (Phi) is 4.39. The third-order valence-corrected chi connectivity index (χ3v) is 4.18. The first-order valence-corrected chi connectivity index (χ1v) is 7.28. The van der Waals surface area contributed by atoms with Crippen LogP contribution in [0.1, 0.15) is 35.1 Å². The molecule has 0 saturated heterocycles. The van der Waals surface area contributed by atoms with Crippen molar-refractivity contribution in [3.8, 4) is 0 Å². The number of thiazole rings is 1. The standard InChI is InChI=1S/C14H21N3OS/c1-9-5-6-12(18-9)14(10(2)15)17(4)7-13-11(3)16-8-19-13/h5-6,8,10,14H,7,15H2,1-4H3. The molecular formula is C14H21N3OS. The SMILES string of the molecule is Cc1ccc(C(C(C)N)N(C)Cc2scnc2C)o1. The molecule has 2 aromatic rings. The first-order chi connectivity index (χ1) is 8.99. The van der Waals surface area contributed by atoms with Gasteiger partial charge in [-0.25, -0.2) is 4.98 Å². The van der Waals surface area contributed by atoms with E-state index in [1.165, 1.54) is 4.88 Å². The van der Waals surface area contributed by atoms with Crippen LogP contribution in [-0.2, 0) is 6.54 Å². The van der Waals surface area contributed by atoms with Crippen LogP contribution in [0, 0.1) is 13.8 Å². The molecule has 2 unspecified atom stereocenters. The molecule has 0 saturated carbocycles. The summed E-state index contributed by atoms with van der Waals surface area (Å²) in [5.41, 5.74) is 9.11. The van der Waals surface area contributed by atoms with Crippen molar-refractivity contribution in [2.75, 3.05) is 7.05 Å². The third kappa shape index (κ3) is 3.23. The lowest BCUT2D eigenvalue weighted by molar-refractivity contribution is 0.183. The molecule has 0 aromatic carbocycles. The Hall–Kier alpha value is -1.17. The lowest BCUT2D eigenvalue weighted by Gasteiger charge is -2.29. The van der Waals surface area contributed by atoms with E-state index in [4.69, 9.17) is 10.2 Å². The first-order valence-electron chi connectivity index (χ1n) is 6.40. The second-order valence-corrected chi connectivity index (χ2v) is 5.97. The summed E-state index contributed by atoms with van der Waals surface area (Å²) in [6.45, 7) is 6.84. The largest absolute Gasteiger partial charge is 0.465 e. The zero-order valence-corrected chi connectivity index (χ0v) is 12.7. The normalized spacial score (nSPS) is 14.8. The van der Waals surface area contributed by atoms with Gasteiger partial charge in [0, 0.05) is 17.5 Å². The lowest BCUT2D eigenvalue weighted by Crippen LogP contribution is -2.36. The fourth-order valence-corrected chi connectivity index (χ4v) is 3.13. The number of rotatable bonds is 5. The Morgan fingerprint density at radius 2 is 2.16 bits per heavy atom. The van der Waals surface area contributed by atoms with Gasteiger partial charge in [-0.05, 0) is 40.0 Å². The van der Waals surface area contributed by atoms with Gasteiger partial charge in [-0.2, -0.15) is 0 Å². The molecule has 104 valence electrons. The van der Waals surface area contributed by atoms with E-state index >= 15 is 0 Å². The maximum Gasteiger partial charge on any atom is 0.122 e. The average Bonchev–Trinajstić information content (AvgIpc) is 2.89. The molecule has 0 aliphatic rings. The van der Waals surface area contributed by atoms with Crippen molar-refractivity contribution < 1.29 is 4.42 Å². The van der Waals surface area contributed by atoms with Gasteiger partial charge < -0.3 is 10.2 Å². The Morgan fingerprint density at radius 3 is 2.63 bits per heavy atom. The highest BCUT2D eigenvalue weighted by Crippen LogP contribution is 2.27. The number of likely N-dealkylation sites (N-methyl/N-ethyl adjacent to an activating group) is 1. The number of aryl methyl sites for hydroxylation is 2. The topological polar surface area (TPSA) is 55.3 Å². The van der Waals surface area contributed by atoms with Crippen LogP contribution in [0.5, 0.6) is 0 Å². The van der Waals surface area contributed by atoms with Gasteiger partial charge in [0.05, 0.1) is 17.2 Å². The minimum absolute atomic E-state index is 0.00350. The van der Waals surface area contributed by atoms with Gasteiger partial charge in [0.1, 0.15) is 11.5 Å². The summed E-state index contributed by atoms with van der Waals surface area (Å²) in [6.07, 6.45) is 0. The summed E-state index contributed by atoms with van der Waals surface area (Å²) < 4.78 is 5.74. The van der Waals surface area contributed by atoms with Crippen LogP contribution in [0.3, 0.4) is 0 Å². The van der Waals surface area contributed by atoms with Gasteiger partial charge in [-0.3, -0.25) is 4.90 Å². The van der Waals surface area contributed by atoms with Gasteiger partial charge in [0.2, 0.25) is 0 Å². The van der Waals surface area contributed by atoms with Gasteiger partial charge in [-0.15, -0.1) is 11.3 Å². The van der Waals surface area contributed by atoms with Crippen LogP contribution in [0.4, 0.5) is 0 Å². The van der Waals surface area contributed by atoms with Crippen molar-refractivity contribution in [3.05, 3.63) is 39.7 Å². The minimum atomic E-state index is 0.00350. The summed E-state index contributed by atoms with van der Waals surface area (Å²) in [5, 5.41) is 0. The molecular weight excluding hydrogens is 258 g/mol. The van der Waals surface area contributed by atoms with Gasteiger partial charge >= 0.3 is 0 Å². The number of nitrogens with zero attached hydrogens (tertiary/aromatic N) is 2. The molecule has 0 bridgehead atoms. The fourth-order valence-electron chi connectivity index (χ4n) is 2.29. The molecule has 2 rings (SSSR count). The molecule has 5 heteroatoms. The van der Waals surface area contributed by atoms with Crippen LogP contribution in [-0.4, -0.2) is 23.0 Å². The molecule has 2 heterocycles. The van der Waals surface area contributed by atoms with Crippen LogP contribution >= 0.6 is 11.3 Å². The third-order valence-electron chi connectivity index (χ3n) is 3.26. The van der Waals surface area contributed by atoms with Crippen molar-refractivity contribution in [1.82, 2.24) is 9.88 Å². The van der Waals surface area contributed by atoms with Gasteiger partial charge in [0.25, 0.3) is 0 Å². The van der Waals surface area contributed by atoms with Gasteiger partial charge in [-0.1, -0.05) is 0 Å². The summed E-state index contributed by atoms with van der Waals surface area (Å²) in [5.74, 6) is 1.85. The molecule has 0 spiro atoms. The van der Waals surface area contributed by atoms with Crippen molar-refractivity contribution >= 4 is 11.3 Å². The van der Waals surface area contributed by atoms with E-state index in [1.54, 1.807) is 11.3 Å². The molecule has 2 N–H and O–H groups in total. The molecule has 0 radical (unpaired) electrons. The molecule has 2 aromatic heterocycles. The molecule has 2 atom stereocenters. The van der Waals surface area contributed by atoms with Crippen LogP contribution in [0.25, 0.3) is 0 Å². The average molecular weight is 279 g/mol. The molecule has 0 fully saturated rings. The summed E-state index contributed by atoms with van der Waals surface area (Å²) in [6, 6.07) is 4.08. The summed E-state index contributed by atoms with van der Waals surface area (Å²) >= 11 is 1.68. The quantitative estimate of drug-likeness (QED) is 0.914. The first kappa shape index (κ1) is 14.2. The monoisotopic (exact) mass is 279 g/mol. The molecule has 0 aliphatic carbocycles. The Morgan fingerprint density at radius 1 is 1.42 bits per heavy atom. The van der Waals surface area contributed by atoms with Crippen LogP contribution in [0.2, 0.25) is 0 Å². The highest BCUT2D eigenvalue weighted by atomic mass is 32.1. The minimum Gasteiger partial charge on any atom is -0.465 e. The number of furan rings is 1. The molecule has 19 heavy (non-hydrogen) atoms. The van der Waals surface area contributed by atoms with Crippen molar-refractivity contribution in [1.29, 1.82) is 0 Å². The lowest BCUT2D eigenvalue weighted by atomic mass is 10.1. The second-order valence-electron chi connectivity index (χ2n) is 5.03. The second kappa shape index (κ2) is 5.86. The summed E-state index contributed by atoms with van der Waals surface area (Å²) in [7, 11) is 2.07. The van der Waals surface area contributed by atoms with E-state index in [2.05, 4.69) is 16.9 Å². The Balaban J connectivity index is 2.18. The predicted molar refractivity (Wildman–Crippen MR) is 78.2 cm³/mol. The number of hydrogen-bond donors (Lipinski definition) is 1. The molecule has 0 amide bonds. The molecule has 0 aliphatic heterocycles. The van der Waals surface area contributed by atoms with Crippen molar-refractivity contribution in [3.63, 3.8) is 0 Å². The Bertz CT molecular complexity index is 532. The zero-order chi connectivity index (χ0) is 14.0. The van der Waals surface area contributed by atoms with E-state index in [9.17, 15) is 0 Å². The van der Waals surface area contributed by atoms with E-state index in [0.29, 0.717) is 0 Å².